The number of carbonyl (C=O) groups is 1. The average molecular weight is 556 g/mol. The van der Waals surface area contributed by atoms with Gasteiger partial charge in [-0.15, -0.1) is 0 Å². The number of nitro groups is 1. The number of ether oxygens (including phenoxy) is 4. The Morgan fingerprint density at radius 1 is 1.11 bits per heavy atom. The molecule has 1 aliphatic rings. The zero-order valence-electron chi connectivity index (χ0n) is 19.2. The highest BCUT2D eigenvalue weighted by atomic mass is 79.9. The fraction of sp³-hybridized carbons (Fsp3) is 0.200. The van der Waals surface area contributed by atoms with Crippen LogP contribution >= 0.6 is 15.9 Å². The van der Waals surface area contributed by atoms with E-state index >= 15 is 0 Å². The number of benzene rings is 3. The van der Waals surface area contributed by atoms with Crippen molar-refractivity contribution in [2.45, 2.75) is 13.0 Å². The number of hydrogen-bond acceptors (Lipinski definition) is 8. The quantitative estimate of drug-likeness (QED) is 0.236. The van der Waals surface area contributed by atoms with Crippen molar-refractivity contribution in [1.82, 2.24) is 5.43 Å². The van der Waals surface area contributed by atoms with Crippen LogP contribution < -0.4 is 24.4 Å². The number of rotatable bonds is 9. The Morgan fingerprint density at radius 2 is 1.83 bits per heavy atom. The van der Waals surface area contributed by atoms with E-state index in [1.807, 2.05) is 6.07 Å². The molecule has 186 valence electrons. The Labute approximate surface area is 215 Å². The van der Waals surface area contributed by atoms with E-state index in [-0.39, 0.29) is 24.6 Å². The Kier molecular flexibility index (Phi) is 8.01. The lowest BCUT2D eigenvalue weighted by Crippen LogP contribution is -2.20. The van der Waals surface area contributed by atoms with Crippen LogP contribution in [0.2, 0.25) is 0 Å². The van der Waals surface area contributed by atoms with Crippen molar-refractivity contribution < 1.29 is 28.7 Å². The molecule has 0 saturated carbocycles. The molecule has 0 saturated heterocycles. The van der Waals surface area contributed by atoms with Crippen molar-refractivity contribution in [2.75, 3.05) is 20.3 Å². The Bertz CT molecular complexity index is 1300. The lowest BCUT2D eigenvalue weighted by Gasteiger charge is -2.18. The molecule has 0 fully saturated rings. The summed E-state index contributed by atoms with van der Waals surface area (Å²) in [6.45, 7) is 1.18. The normalized spacial score (nSPS) is 12.3. The molecular formula is C25H22BrN3O7. The molecule has 0 radical (unpaired) electrons. The van der Waals surface area contributed by atoms with Crippen molar-refractivity contribution in [3.63, 3.8) is 0 Å². The van der Waals surface area contributed by atoms with E-state index in [1.54, 1.807) is 36.4 Å². The SMILES string of the molecule is COc1cc(/C=N/NC(=O)Cc2ccc3c(c2)OCCO3)cc(Br)c1OCc1ccc([N+](=O)[O-])cc1. The maximum absolute atomic E-state index is 12.3. The minimum Gasteiger partial charge on any atom is -0.493 e. The second-order valence-electron chi connectivity index (χ2n) is 7.69. The monoisotopic (exact) mass is 555 g/mol. The van der Waals surface area contributed by atoms with Gasteiger partial charge in [-0.2, -0.15) is 5.10 Å². The van der Waals surface area contributed by atoms with Gasteiger partial charge in [0, 0.05) is 12.1 Å². The van der Waals surface area contributed by atoms with Gasteiger partial charge in [0.2, 0.25) is 5.91 Å². The molecule has 3 aromatic rings. The molecule has 0 atom stereocenters. The molecule has 0 bridgehead atoms. The van der Waals surface area contributed by atoms with Crippen molar-refractivity contribution in [3.05, 3.63) is 85.9 Å². The summed E-state index contributed by atoms with van der Waals surface area (Å²) in [5.74, 6) is 1.94. The molecule has 1 N–H and O–H groups in total. The van der Waals surface area contributed by atoms with E-state index in [0.717, 1.165) is 11.1 Å². The van der Waals surface area contributed by atoms with Crippen LogP contribution in [0.1, 0.15) is 16.7 Å². The maximum atomic E-state index is 12.3. The molecule has 0 aliphatic carbocycles. The summed E-state index contributed by atoms with van der Waals surface area (Å²) < 4.78 is 23.0. The minimum atomic E-state index is -0.453. The van der Waals surface area contributed by atoms with Crippen LogP contribution in [0.4, 0.5) is 5.69 Å². The number of hydrazone groups is 1. The number of amides is 1. The van der Waals surface area contributed by atoms with Gasteiger partial charge in [-0.05, 0) is 69.0 Å². The van der Waals surface area contributed by atoms with Crippen LogP contribution in [-0.4, -0.2) is 37.4 Å². The first-order valence-electron chi connectivity index (χ1n) is 10.9. The van der Waals surface area contributed by atoms with Gasteiger partial charge in [0.1, 0.15) is 19.8 Å². The van der Waals surface area contributed by atoms with Crippen molar-refractivity contribution in [2.24, 2.45) is 5.10 Å². The molecule has 3 aromatic carbocycles. The fourth-order valence-electron chi connectivity index (χ4n) is 3.43. The molecule has 1 aliphatic heterocycles. The van der Waals surface area contributed by atoms with Gasteiger partial charge in [0.15, 0.2) is 23.0 Å². The summed E-state index contributed by atoms with van der Waals surface area (Å²) in [5, 5.41) is 14.8. The number of carbonyl (C=O) groups excluding carboxylic acids is 1. The zero-order valence-corrected chi connectivity index (χ0v) is 20.8. The van der Waals surface area contributed by atoms with Gasteiger partial charge in [0.25, 0.3) is 5.69 Å². The van der Waals surface area contributed by atoms with Gasteiger partial charge in [-0.25, -0.2) is 5.43 Å². The molecule has 36 heavy (non-hydrogen) atoms. The van der Waals surface area contributed by atoms with Gasteiger partial charge >= 0.3 is 0 Å². The number of non-ortho nitro benzene ring substituents is 1. The fourth-order valence-corrected chi connectivity index (χ4v) is 4.00. The summed E-state index contributed by atoms with van der Waals surface area (Å²) in [7, 11) is 1.51. The van der Waals surface area contributed by atoms with Crippen LogP contribution in [0.3, 0.4) is 0 Å². The van der Waals surface area contributed by atoms with Crippen LogP contribution in [0.25, 0.3) is 0 Å². The Hall–Kier alpha value is -4.12. The maximum Gasteiger partial charge on any atom is 0.269 e. The summed E-state index contributed by atoms with van der Waals surface area (Å²) in [4.78, 5) is 22.7. The van der Waals surface area contributed by atoms with Gasteiger partial charge in [0.05, 0.1) is 29.1 Å². The largest absolute Gasteiger partial charge is 0.493 e. The third-order valence-corrected chi connectivity index (χ3v) is 5.75. The van der Waals surface area contributed by atoms with Crippen LogP contribution in [0.5, 0.6) is 23.0 Å². The predicted molar refractivity (Wildman–Crippen MR) is 135 cm³/mol. The van der Waals surface area contributed by atoms with E-state index in [4.69, 9.17) is 18.9 Å². The van der Waals surface area contributed by atoms with E-state index in [1.165, 1.54) is 25.5 Å². The lowest BCUT2D eigenvalue weighted by molar-refractivity contribution is -0.384. The highest BCUT2D eigenvalue weighted by molar-refractivity contribution is 9.10. The smallest absolute Gasteiger partial charge is 0.269 e. The van der Waals surface area contributed by atoms with Crippen LogP contribution in [-0.2, 0) is 17.8 Å². The van der Waals surface area contributed by atoms with Crippen molar-refractivity contribution in [1.29, 1.82) is 0 Å². The summed E-state index contributed by atoms with van der Waals surface area (Å²) in [6, 6.07) is 15.0. The number of nitrogens with zero attached hydrogens (tertiary/aromatic N) is 2. The number of hydrogen-bond donors (Lipinski definition) is 1. The molecule has 0 unspecified atom stereocenters. The molecule has 10 nitrogen and oxygen atoms in total. The van der Waals surface area contributed by atoms with Crippen molar-refractivity contribution >= 4 is 33.7 Å². The molecule has 1 amide bonds. The summed E-state index contributed by atoms with van der Waals surface area (Å²) in [5.41, 5.74) is 4.74. The molecule has 11 heteroatoms. The summed E-state index contributed by atoms with van der Waals surface area (Å²) in [6.07, 6.45) is 1.63. The predicted octanol–water partition coefficient (Wildman–Crippen LogP) is 4.41. The first-order valence-corrected chi connectivity index (χ1v) is 11.7. The van der Waals surface area contributed by atoms with Gasteiger partial charge in [-0.3, -0.25) is 14.9 Å². The number of fused-ring (bicyclic) bond motifs is 1. The van der Waals surface area contributed by atoms with E-state index < -0.39 is 4.92 Å². The first-order chi connectivity index (χ1) is 17.4. The average Bonchev–Trinajstić information content (AvgIpc) is 2.88. The highest BCUT2D eigenvalue weighted by Gasteiger charge is 2.14. The third kappa shape index (κ3) is 6.30. The highest BCUT2D eigenvalue weighted by Crippen LogP contribution is 2.37. The molecule has 4 rings (SSSR count). The molecular weight excluding hydrogens is 534 g/mol. The lowest BCUT2D eigenvalue weighted by atomic mass is 10.1. The van der Waals surface area contributed by atoms with E-state index in [9.17, 15) is 14.9 Å². The Morgan fingerprint density at radius 3 is 2.56 bits per heavy atom. The second kappa shape index (κ2) is 11.5. The number of halogens is 1. The number of nitrogens with one attached hydrogen (secondary N) is 1. The van der Waals surface area contributed by atoms with Gasteiger partial charge in [-0.1, -0.05) is 6.07 Å². The zero-order chi connectivity index (χ0) is 25.5. The van der Waals surface area contributed by atoms with Gasteiger partial charge < -0.3 is 18.9 Å². The standard InChI is InChI=1S/C25H22BrN3O7/c1-33-23-12-18(10-20(26)25(23)36-15-16-2-5-19(6-3-16)29(31)32)14-27-28-24(30)13-17-4-7-21-22(11-17)35-9-8-34-21/h2-7,10-12,14H,8-9,13,15H2,1H3,(H,28,30)/b27-14+. The second-order valence-corrected chi connectivity index (χ2v) is 8.55. The topological polar surface area (TPSA) is 122 Å². The summed E-state index contributed by atoms with van der Waals surface area (Å²) >= 11 is 3.47. The van der Waals surface area contributed by atoms with Crippen LogP contribution in [0, 0.1) is 10.1 Å². The molecule has 0 spiro atoms. The Balaban J connectivity index is 1.35. The number of nitro benzene ring substituents is 1. The molecule has 0 aromatic heterocycles. The third-order valence-electron chi connectivity index (χ3n) is 5.16. The first kappa shape index (κ1) is 25.0. The molecule has 1 heterocycles. The number of methoxy groups -OCH3 is 1. The van der Waals surface area contributed by atoms with E-state index in [0.29, 0.717) is 46.2 Å². The van der Waals surface area contributed by atoms with Crippen molar-refractivity contribution in [3.8, 4) is 23.0 Å². The van der Waals surface area contributed by atoms with E-state index in [2.05, 4.69) is 26.5 Å². The van der Waals surface area contributed by atoms with Crippen LogP contribution in [0.15, 0.2) is 64.2 Å². The minimum absolute atomic E-state index is 0.0135.